The van der Waals surface area contributed by atoms with E-state index in [9.17, 15) is 14.4 Å². The van der Waals surface area contributed by atoms with Crippen molar-refractivity contribution in [2.24, 2.45) is 5.92 Å². The second-order valence-electron chi connectivity index (χ2n) is 15.1. The average molecular weight is 677 g/mol. The zero-order valence-corrected chi connectivity index (χ0v) is 32.9. The third kappa shape index (κ3) is 33.3. The number of carbonyl (C=O) groups is 3. The molecule has 0 fully saturated rings. The van der Waals surface area contributed by atoms with Gasteiger partial charge in [-0.05, 0) is 19.3 Å². The third-order valence-corrected chi connectivity index (χ3v) is 10.2. The first-order chi connectivity index (χ1) is 23.6. The Hall–Kier alpha value is -1.19. The van der Waals surface area contributed by atoms with Crippen molar-refractivity contribution in [1.82, 2.24) is 0 Å². The van der Waals surface area contributed by atoms with Crippen LogP contribution in [0.5, 0.6) is 0 Å². The van der Waals surface area contributed by atoms with Crippen LogP contribution in [0.4, 0.5) is 0 Å². The number of unbranched alkanes of at least 4 members (excludes halogenated alkanes) is 31. The Bertz CT molecular complexity index is 702. The zero-order valence-electron chi connectivity index (χ0n) is 32.9. The first kappa shape index (κ1) is 46.8. The number of hydrogen-bond acceptors (Lipinski definition) is 4. The van der Waals surface area contributed by atoms with Gasteiger partial charge >= 0.3 is 11.9 Å². The highest BCUT2D eigenvalue weighted by Crippen LogP contribution is 2.20. The molecule has 0 heterocycles. The van der Waals surface area contributed by atoms with E-state index in [0.29, 0.717) is 12.8 Å². The van der Waals surface area contributed by atoms with Crippen LogP contribution in [-0.4, -0.2) is 17.7 Å². The molecule has 0 radical (unpaired) electrons. The number of Topliss-reactive ketones (excluding diaryl/α,β-unsaturated/α-hetero) is 1. The molecular weight excluding hydrogens is 592 g/mol. The van der Waals surface area contributed by atoms with Gasteiger partial charge in [0.05, 0.1) is 0 Å². The van der Waals surface area contributed by atoms with Crippen molar-refractivity contribution in [2.45, 2.75) is 258 Å². The summed E-state index contributed by atoms with van der Waals surface area (Å²) in [7, 11) is 0. The number of rotatable bonds is 39. The van der Waals surface area contributed by atoms with E-state index in [4.69, 9.17) is 4.74 Å². The second-order valence-corrected chi connectivity index (χ2v) is 15.1. The van der Waals surface area contributed by atoms with Gasteiger partial charge in [0, 0.05) is 12.8 Å². The van der Waals surface area contributed by atoms with Crippen LogP contribution in [0.15, 0.2) is 0 Å². The van der Waals surface area contributed by atoms with Crippen LogP contribution in [0.2, 0.25) is 0 Å². The molecule has 48 heavy (non-hydrogen) atoms. The van der Waals surface area contributed by atoms with Gasteiger partial charge in [0.2, 0.25) is 0 Å². The van der Waals surface area contributed by atoms with Gasteiger partial charge in [-0.15, -0.1) is 0 Å². The number of carbonyl (C=O) groups excluding carboxylic acids is 3. The Morgan fingerprint density at radius 2 is 0.625 bits per heavy atom. The molecule has 0 aliphatic heterocycles. The maximum Gasteiger partial charge on any atom is 0.324 e. The molecule has 1 unspecified atom stereocenters. The lowest BCUT2D eigenvalue weighted by molar-refractivity contribution is -0.164. The second kappa shape index (κ2) is 38.6. The molecule has 0 saturated heterocycles. The van der Waals surface area contributed by atoms with Crippen molar-refractivity contribution in [3.05, 3.63) is 0 Å². The van der Waals surface area contributed by atoms with E-state index in [-0.39, 0.29) is 12.2 Å². The highest BCUT2D eigenvalue weighted by atomic mass is 16.6. The van der Waals surface area contributed by atoms with Crippen molar-refractivity contribution < 1.29 is 19.1 Å². The summed E-state index contributed by atoms with van der Waals surface area (Å²) in [5.41, 5.74) is 0. The highest BCUT2D eigenvalue weighted by molar-refractivity contribution is 6.02. The number of hydrogen-bond donors (Lipinski definition) is 0. The van der Waals surface area contributed by atoms with Crippen molar-refractivity contribution >= 4 is 17.7 Å². The van der Waals surface area contributed by atoms with Crippen LogP contribution < -0.4 is 0 Å². The van der Waals surface area contributed by atoms with Gasteiger partial charge in [-0.3, -0.25) is 14.4 Å². The molecule has 0 saturated carbocycles. The molecule has 4 nitrogen and oxygen atoms in total. The number of ketones is 1. The van der Waals surface area contributed by atoms with Crippen LogP contribution in [0.3, 0.4) is 0 Å². The minimum atomic E-state index is -0.765. The summed E-state index contributed by atoms with van der Waals surface area (Å²) in [5, 5.41) is 0. The smallest absolute Gasteiger partial charge is 0.324 e. The highest BCUT2D eigenvalue weighted by Gasteiger charge is 2.28. The van der Waals surface area contributed by atoms with Gasteiger partial charge in [0.15, 0.2) is 0 Å². The molecule has 0 aliphatic rings. The normalized spacial score (nSPS) is 12.0. The monoisotopic (exact) mass is 677 g/mol. The lowest BCUT2D eigenvalue weighted by atomic mass is 9.93. The molecule has 0 aromatic carbocycles. The largest absolute Gasteiger partial charge is 0.393 e. The fourth-order valence-electron chi connectivity index (χ4n) is 6.91. The Balaban J connectivity index is 4.00. The van der Waals surface area contributed by atoms with Crippen molar-refractivity contribution in [3.63, 3.8) is 0 Å². The lowest BCUT2D eigenvalue weighted by Gasteiger charge is -2.14. The van der Waals surface area contributed by atoms with Gasteiger partial charge in [0.25, 0.3) is 0 Å². The topological polar surface area (TPSA) is 60.4 Å². The lowest BCUT2D eigenvalue weighted by Crippen LogP contribution is -2.28. The molecule has 0 rings (SSSR count). The summed E-state index contributed by atoms with van der Waals surface area (Å²) >= 11 is 0. The molecular formula is C44H84O4. The average Bonchev–Trinajstić information content (AvgIpc) is 3.08. The van der Waals surface area contributed by atoms with E-state index in [2.05, 4.69) is 20.8 Å². The molecule has 0 amide bonds. The Morgan fingerprint density at radius 3 is 0.958 bits per heavy atom. The van der Waals surface area contributed by atoms with Crippen LogP contribution in [0.25, 0.3) is 0 Å². The van der Waals surface area contributed by atoms with Gasteiger partial charge in [-0.2, -0.15) is 0 Å². The first-order valence-electron chi connectivity index (χ1n) is 21.8. The summed E-state index contributed by atoms with van der Waals surface area (Å²) in [6.07, 6.45) is 43.8. The summed E-state index contributed by atoms with van der Waals surface area (Å²) in [6.45, 7) is 6.70. The Kier molecular flexibility index (Phi) is 37.7. The van der Waals surface area contributed by atoms with Gasteiger partial charge < -0.3 is 4.74 Å². The Morgan fingerprint density at radius 1 is 0.354 bits per heavy atom. The summed E-state index contributed by atoms with van der Waals surface area (Å²) < 4.78 is 5.24. The molecule has 4 heteroatoms. The fraction of sp³-hybridized carbons (Fsp3) is 0.932. The van der Waals surface area contributed by atoms with E-state index >= 15 is 0 Å². The van der Waals surface area contributed by atoms with Gasteiger partial charge in [0.1, 0.15) is 11.7 Å². The van der Waals surface area contributed by atoms with Crippen molar-refractivity contribution in [3.8, 4) is 0 Å². The SMILES string of the molecule is CCCCCCCCCCCCCCCCCC(=O)OC(=O)C(CCCCCC)C(=O)CCCCCCCCCCCCCCCCC. The summed E-state index contributed by atoms with van der Waals surface area (Å²) in [4.78, 5) is 38.4. The van der Waals surface area contributed by atoms with Crippen LogP contribution >= 0.6 is 0 Å². The van der Waals surface area contributed by atoms with E-state index in [1.54, 1.807) is 0 Å². The maximum absolute atomic E-state index is 13.1. The standard InChI is InChI=1S/C44H84O4/c1-4-7-10-13-15-17-19-21-23-25-27-29-31-33-36-39-42(45)41(38-35-12-9-6-3)44(47)48-43(46)40-37-34-32-30-28-26-24-22-20-18-16-14-11-8-5-2/h41H,4-40H2,1-3H3. The van der Waals surface area contributed by atoms with Gasteiger partial charge in [-0.1, -0.05) is 226 Å². The molecule has 0 aliphatic carbocycles. The van der Waals surface area contributed by atoms with Crippen LogP contribution in [0, 0.1) is 5.92 Å². The van der Waals surface area contributed by atoms with E-state index < -0.39 is 17.9 Å². The maximum atomic E-state index is 13.1. The van der Waals surface area contributed by atoms with E-state index in [1.165, 1.54) is 154 Å². The minimum Gasteiger partial charge on any atom is -0.393 e. The minimum absolute atomic E-state index is 0.0223. The zero-order chi connectivity index (χ0) is 35.2. The van der Waals surface area contributed by atoms with E-state index in [0.717, 1.165) is 64.2 Å². The molecule has 0 aromatic rings. The number of ether oxygens (including phenoxy) is 1. The van der Waals surface area contributed by atoms with Crippen molar-refractivity contribution in [1.29, 1.82) is 0 Å². The molecule has 0 bridgehead atoms. The van der Waals surface area contributed by atoms with Crippen LogP contribution in [0.1, 0.15) is 258 Å². The fourth-order valence-corrected chi connectivity index (χ4v) is 6.91. The molecule has 284 valence electrons. The quantitative estimate of drug-likeness (QED) is 0.0369. The summed E-state index contributed by atoms with van der Waals surface area (Å²) in [5.74, 6) is -1.83. The molecule has 0 spiro atoms. The predicted octanol–water partition coefficient (Wildman–Crippen LogP) is 14.7. The summed E-state index contributed by atoms with van der Waals surface area (Å²) in [6, 6.07) is 0. The molecule has 1 atom stereocenters. The van der Waals surface area contributed by atoms with Gasteiger partial charge in [-0.25, -0.2) is 0 Å². The number of esters is 2. The van der Waals surface area contributed by atoms with E-state index in [1.807, 2.05) is 0 Å². The molecule has 0 N–H and O–H groups in total. The molecule has 0 aromatic heterocycles. The third-order valence-electron chi connectivity index (χ3n) is 10.2. The van der Waals surface area contributed by atoms with Crippen LogP contribution in [-0.2, 0) is 19.1 Å². The Labute approximate surface area is 300 Å². The van der Waals surface area contributed by atoms with Crippen molar-refractivity contribution in [2.75, 3.05) is 0 Å². The first-order valence-corrected chi connectivity index (χ1v) is 21.8. The predicted molar refractivity (Wildman–Crippen MR) is 207 cm³/mol.